The maximum absolute atomic E-state index is 13.5. The summed E-state index contributed by atoms with van der Waals surface area (Å²) in [4.78, 5) is 22.7. The van der Waals surface area contributed by atoms with Crippen molar-refractivity contribution in [2.45, 2.75) is 64.0 Å². The molecule has 4 aromatic heterocycles. The van der Waals surface area contributed by atoms with Gasteiger partial charge < -0.3 is 15.4 Å². The Balaban J connectivity index is 1.26. The van der Waals surface area contributed by atoms with E-state index in [1.54, 1.807) is 19.4 Å². The van der Waals surface area contributed by atoms with E-state index >= 15 is 0 Å². The van der Waals surface area contributed by atoms with Gasteiger partial charge in [0, 0.05) is 31.0 Å². The predicted octanol–water partition coefficient (Wildman–Crippen LogP) is 4.68. The number of anilines is 2. The van der Waals surface area contributed by atoms with Crippen LogP contribution in [0.25, 0.3) is 5.82 Å². The molecule has 212 valence electrons. The van der Waals surface area contributed by atoms with E-state index in [9.17, 15) is 14.4 Å². The van der Waals surface area contributed by atoms with Gasteiger partial charge in [-0.3, -0.25) is 9.89 Å². The second-order valence-corrected chi connectivity index (χ2v) is 10.5. The summed E-state index contributed by atoms with van der Waals surface area (Å²) in [6.07, 6.45) is 6.24. The minimum atomic E-state index is -0.990. The van der Waals surface area contributed by atoms with E-state index in [-0.39, 0.29) is 17.9 Å². The van der Waals surface area contributed by atoms with Crippen LogP contribution < -0.4 is 10.6 Å². The lowest BCUT2D eigenvalue weighted by atomic mass is 9.76. The topological polar surface area (TPSA) is 146 Å². The Morgan fingerprint density at radius 2 is 2.05 bits per heavy atom. The lowest BCUT2D eigenvalue weighted by molar-refractivity contribution is -0.148. The van der Waals surface area contributed by atoms with E-state index in [0.717, 1.165) is 28.7 Å². The van der Waals surface area contributed by atoms with Crippen LogP contribution in [0.15, 0.2) is 42.9 Å². The number of H-pyrrole nitrogens is 1. The number of nitriles is 1. The highest BCUT2D eigenvalue weighted by Gasteiger charge is 2.43. The van der Waals surface area contributed by atoms with Crippen molar-refractivity contribution in [3.63, 3.8) is 0 Å². The highest BCUT2D eigenvalue weighted by molar-refractivity contribution is 5.85. The maximum Gasteiger partial charge on any atom is 0.252 e. The fourth-order valence-corrected chi connectivity index (χ4v) is 5.27. The van der Waals surface area contributed by atoms with Crippen LogP contribution in [0.2, 0.25) is 0 Å². The summed E-state index contributed by atoms with van der Waals surface area (Å²) in [6.45, 7) is 5.70. The molecule has 1 atom stereocenters. The van der Waals surface area contributed by atoms with Gasteiger partial charge in [-0.1, -0.05) is 6.07 Å². The number of hydrogen-bond acceptors (Lipinski definition) is 8. The highest BCUT2D eigenvalue weighted by Crippen LogP contribution is 2.41. The molecule has 0 bridgehead atoms. The van der Waals surface area contributed by atoms with Gasteiger partial charge in [-0.25, -0.2) is 19.0 Å². The number of hydrogen-bond donors (Lipinski definition) is 3. The van der Waals surface area contributed by atoms with Crippen LogP contribution in [-0.4, -0.2) is 48.6 Å². The number of ether oxygens (including phenoxy) is 1. The normalized spacial score (nSPS) is 19.4. The summed E-state index contributed by atoms with van der Waals surface area (Å²) < 4.78 is 20.5. The van der Waals surface area contributed by atoms with Crippen LogP contribution in [-0.2, 0) is 9.53 Å². The lowest BCUT2D eigenvalue weighted by Crippen LogP contribution is -2.50. The third-order valence-corrected chi connectivity index (χ3v) is 7.70. The lowest BCUT2D eigenvalue weighted by Gasteiger charge is -2.38. The van der Waals surface area contributed by atoms with E-state index in [1.165, 1.54) is 10.9 Å². The first kappa shape index (κ1) is 27.9. The highest BCUT2D eigenvalue weighted by atomic mass is 19.1. The second-order valence-electron chi connectivity index (χ2n) is 10.5. The molecule has 1 fully saturated rings. The van der Waals surface area contributed by atoms with Gasteiger partial charge in [0.2, 0.25) is 0 Å². The summed E-state index contributed by atoms with van der Waals surface area (Å²) >= 11 is 0. The summed E-state index contributed by atoms with van der Waals surface area (Å²) in [5.41, 5.74) is 2.83. The number of rotatable bonds is 8. The number of methoxy groups -OCH3 is 1. The van der Waals surface area contributed by atoms with Crippen molar-refractivity contribution in [3.8, 4) is 11.9 Å². The maximum atomic E-state index is 13.5. The molecule has 0 aromatic carbocycles. The van der Waals surface area contributed by atoms with Crippen molar-refractivity contribution in [2.75, 3.05) is 12.4 Å². The van der Waals surface area contributed by atoms with E-state index in [2.05, 4.69) is 37.0 Å². The minimum Gasteiger partial charge on any atom is -0.368 e. The Morgan fingerprint density at radius 3 is 2.63 bits per heavy atom. The molecule has 5 rings (SSSR count). The van der Waals surface area contributed by atoms with Crippen LogP contribution in [0.4, 0.5) is 16.0 Å². The summed E-state index contributed by atoms with van der Waals surface area (Å²) in [7, 11) is 1.56. The Labute approximate surface area is 237 Å². The van der Waals surface area contributed by atoms with Crippen molar-refractivity contribution in [1.29, 1.82) is 5.26 Å². The van der Waals surface area contributed by atoms with Crippen molar-refractivity contribution in [3.05, 3.63) is 76.8 Å². The van der Waals surface area contributed by atoms with Crippen LogP contribution in [0.5, 0.6) is 0 Å². The van der Waals surface area contributed by atoms with E-state index in [4.69, 9.17) is 9.72 Å². The SMILES string of the molecule is COC1(C(=O)N[C@@H](C)c2ccc(-n3cc(F)cn3)nc2)CCC(c2nc(Nc3cc(C)[nH]n3)c(C)cc2C#N)CC1. The monoisotopic (exact) mass is 557 g/mol. The molecule has 11 nitrogen and oxygen atoms in total. The average Bonchev–Trinajstić information content (AvgIpc) is 3.61. The van der Waals surface area contributed by atoms with Crippen molar-refractivity contribution in [2.24, 2.45) is 0 Å². The smallest absolute Gasteiger partial charge is 0.252 e. The summed E-state index contributed by atoms with van der Waals surface area (Å²) in [5.74, 6) is 1.14. The number of aromatic amines is 1. The first-order chi connectivity index (χ1) is 19.7. The minimum absolute atomic E-state index is 0.00379. The molecular weight excluding hydrogens is 525 g/mol. The number of carbonyl (C=O) groups excluding carboxylic acids is 1. The van der Waals surface area contributed by atoms with Crippen LogP contribution in [0.3, 0.4) is 0 Å². The molecule has 0 aliphatic heterocycles. The fourth-order valence-electron chi connectivity index (χ4n) is 5.27. The zero-order chi connectivity index (χ0) is 29.1. The molecule has 0 radical (unpaired) electrons. The van der Waals surface area contributed by atoms with Crippen molar-refractivity contribution in [1.82, 2.24) is 35.3 Å². The molecule has 0 saturated heterocycles. The standard InChI is InChI=1S/C29H32FN9O2/c1-17-11-22(13-31)26(36-27(17)35-24-12-18(2)37-38-24)20-7-9-29(41-4,10-8-20)28(40)34-19(3)21-5-6-25(32-14-21)39-16-23(30)15-33-39/h5-6,11-12,14-16,19-20H,7-10H2,1-4H3,(H,34,40)(H2,35,36,37,38)/t19-,20?,29?/m0/s1. The largest absolute Gasteiger partial charge is 0.368 e. The molecule has 1 aliphatic rings. The number of pyridine rings is 2. The van der Waals surface area contributed by atoms with Crippen molar-refractivity contribution >= 4 is 17.5 Å². The molecule has 4 heterocycles. The number of nitrogens with one attached hydrogen (secondary N) is 3. The Bertz CT molecular complexity index is 1580. The van der Waals surface area contributed by atoms with E-state index < -0.39 is 11.4 Å². The number of carbonyl (C=O) groups is 1. The molecule has 1 saturated carbocycles. The predicted molar refractivity (Wildman–Crippen MR) is 149 cm³/mol. The Hall–Kier alpha value is -4.63. The van der Waals surface area contributed by atoms with Gasteiger partial charge in [0.15, 0.2) is 17.5 Å². The molecule has 0 unspecified atom stereocenters. The zero-order valence-corrected chi connectivity index (χ0v) is 23.4. The van der Waals surface area contributed by atoms with Crippen molar-refractivity contribution < 1.29 is 13.9 Å². The molecule has 0 spiro atoms. The van der Waals surface area contributed by atoms with E-state index in [0.29, 0.717) is 48.7 Å². The summed E-state index contributed by atoms with van der Waals surface area (Å²) in [5, 5.41) is 27.2. The van der Waals surface area contributed by atoms with Crippen LogP contribution >= 0.6 is 0 Å². The quantitative estimate of drug-likeness (QED) is 0.283. The zero-order valence-electron chi connectivity index (χ0n) is 23.4. The first-order valence-electron chi connectivity index (χ1n) is 13.4. The van der Waals surface area contributed by atoms with Gasteiger partial charge in [0.05, 0.1) is 29.7 Å². The van der Waals surface area contributed by atoms with Crippen LogP contribution in [0, 0.1) is 31.0 Å². The van der Waals surface area contributed by atoms with Gasteiger partial charge in [-0.05, 0) is 69.7 Å². The van der Waals surface area contributed by atoms with Gasteiger partial charge in [0.25, 0.3) is 5.91 Å². The molecule has 3 N–H and O–H groups in total. The number of aryl methyl sites for hydroxylation is 2. The molecule has 41 heavy (non-hydrogen) atoms. The fraction of sp³-hybridized carbons (Fsp3) is 0.379. The molecular formula is C29H32FN9O2. The average molecular weight is 558 g/mol. The van der Waals surface area contributed by atoms with Gasteiger partial charge in [-0.2, -0.15) is 15.5 Å². The Kier molecular flexibility index (Phi) is 7.81. The van der Waals surface area contributed by atoms with Crippen LogP contribution in [0.1, 0.15) is 72.6 Å². The molecule has 1 aliphatic carbocycles. The van der Waals surface area contributed by atoms with Gasteiger partial charge in [0.1, 0.15) is 17.5 Å². The number of nitrogens with zero attached hydrogens (tertiary/aromatic N) is 6. The number of amides is 1. The van der Waals surface area contributed by atoms with E-state index in [1.807, 2.05) is 39.0 Å². The van der Waals surface area contributed by atoms with Gasteiger partial charge >= 0.3 is 0 Å². The number of halogens is 1. The van der Waals surface area contributed by atoms with Gasteiger partial charge in [-0.15, -0.1) is 0 Å². The second kappa shape index (κ2) is 11.5. The third kappa shape index (κ3) is 5.81. The molecule has 4 aromatic rings. The number of aromatic nitrogens is 6. The molecule has 12 heteroatoms. The third-order valence-electron chi connectivity index (χ3n) is 7.70. The Morgan fingerprint density at radius 1 is 1.27 bits per heavy atom. The molecule has 1 amide bonds. The summed E-state index contributed by atoms with van der Waals surface area (Å²) in [6, 6.07) is 9.25. The first-order valence-corrected chi connectivity index (χ1v) is 13.4.